The second-order valence-electron chi connectivity index (χ2n) is 7.15. The fourth-order valence-electron chi connectivity index (χ4n) is 3.42. The average Bonchev–Trinajstić information content (AvgIpc) is 3.19. The first-order valence-electron chi connectivity index (χ1n) is 9.77. The normalized spacial score (nSPS) is 14.7. The molecular formula is C21H17F3N6O2. The van der Waals surface area contributed by atoms with Crippen LogP contribution in [-0.4, -0.2) is 52.1 Å². The molecule has 0 spiro atoms. The molecular weight excluding hydrogens is 425 g/mol. The van der Waals surface area contributed by atoms with E-state index in [1.807, 2.05) is 11.0 Å². The number of halogens is 3. The summed E-state index contributed by atoms with van der Waals surface area (Å²) in [7, 11) is 0. The Balaban J connectivity index is 1.47. The van der Waals surface area contributed by atoms with Gasteiger partial charge in [0, 0.05) is 43.5 Å². The van der Waals surface area contributed by atoms with Crippen LogP contribution < -0.4 is 4.90 Å². The van der Waals surface area contributed by atoms with Crippen LogP contribution >= 0.6 is 0 Å². The van der Waals surface area contributed by atoms with Crippen molar-refractivity contribution >= 4 is 11.7 Å². The van der Waals surface area contributed by atoms with Crippen molar-refractivity contribution in [1.82, 2.24) is 20.0 Å². The first-order chi connectivity index (χ1) is 15.3. The van der Waals surface area contributed by atoms with E-state index in [0.717, 1.165) is 5.82 Å². The van der Waals surface area contributed by atoms with Crippen molar-refractivity contribution in [3.05, 3.63) is 59.6 Å². The Morgan fingerprint density at radius 2 is 1.97 bits per heavy atom. The molecule has 0 saturated carbocycles. The first kappa shape index (κ1) is 21.3. The van der Waals surface area contributed by atoms with Gasteiger partial charge in [-0.2, -0.15) is 23.4 Å². The summed E-state index contributed by atoms with van der Waals surface area (Å²) in [6, 6.07) is 11.6. The van der Waals surface area contributed by atoms with Gasteiger partial charge in [-0.3, -0.25) is 4.79 Å². The van der Waals surface area contributed by atoms with Crippen LogP contribution in [0.1, 0.15) is 28.2 Å². The Labute approximate surface area is 180 Å². The maximum Gasteiger partial charge on any atom is 0.471 e. The molecule has 32 heavy (non-hydrogen) atoms. The Morgan fingerprint density at radius 1 is 1.12 bits per heavy atom. The molecule has 2 aromatic heterocycles. The van der Waals surface area contributed by atoms with E-state index in [1.165, 1.54) is 18.3 Å². The van der Waals surface area contributed by atoms with Gasteiger partial charge in [0.25, 0.3) is 5.91 Å². The molecule has 4 rings (SSSR count). The molecule has 1 saturated heterocycles. The second kappa shape index (κ2) is 8.66. The minimum absolute atomic E-state index is 0.235. The molecule has 0 atom stereocenters. The molecule has 0 radical (unpaired) electrons. The zero-order chi connectivity index (χ0) is 22.7. The van der Waals surface area contributed by atoms with Gasteiger partial charge in [0.15, 0.2) is 0 Å². The van der Waals surface area contributed by atoms with E-state index < -0.39 is 12.1 Å². The molecule has 0 aliphatic carbocycles. The summed E-state index contributed by atoms with van der Waals surface area (Å²) < 4.78 is 42.4. The highest BCUT2D eigenvalue weighted by Gasteiger charge is 2.38. The first-order valence-corrected chi connectivity index (χ1v) is 9.77. The van der Waals surface area contributed by atoms with Crippen LogP contribution in [0.5, 0.6) is 0 Å². The van der Waals surface area contributed by atoms with Gasteiger partial charge in [-0.05, 0) is 30.7 Å². The van der Waals surface area contributed by atoms with Crippen LogP contribution in [0.4, 0.5) is 19.0 Å². The van der Waals surface area contributed by atoms with E-state index >= 15 is 0 Å². The third kappa shape index (κ3) is 4.54. The maximum atomic E-state index is 13.0. The number of aromatic nitrogens is 3. The van der Waals surface area contributed by atoms with Crippen molar-refractivity contribution in [3.8, 4) is 17.5 Å². The average molecular weight is 442 g/mol. The van der Waals surface area contributed by atoms with Crippen LogP contribution in [0.25, 0.3) is 11.4 Å². The van der Waals surface area contributed by atoms with Crippen molar-refractivity contribution < 1.29 is 22.5 Å². The third-order valence-electron chi connectivity index (χ3n) is 5.02. The lowest BCUT2D eigenvalue weighted by atomic mass is 10.1. The van der Waals surface area contributed by atoms with Crippen LogP contribution in [0.2, 0.25) is 0 Å². The molecule has 0 N–H and O–H groups in total. The van der Waals surface area contributed by atoms with Gasteiger partial charge < -0.3 is 14.3 Å². The topological polar surface area (TPSA) is 99.2 Å². The van der Waals surface area contributed by atoms with E-state index in [1.54, 1.807) is 29.2 Å². The SMILES string of the molecule is N#Cc1ccc(N2CCCN(C(=O)c3cccc(-c4noc(C(F)(F)F)n4)c3)CC2)nc1. The largest absolute Gasteiger partial charge is 0.471 e. The number of hydrogen-bond acceptors (Lipinski definition) is 7. The van der Waals surface area contributed by atoms with Gasteiger partial charge in [-0.1, -0.05) is 17.3 Å². The molecule has 3 heterocycles. The van der Waals surface area contributed by atoms with Gasteiger partial charge in [-0.25, -0.2) is 4.98 Å². The van der Waals surface area contributed by atoms with Crippen molar-refractivity contribution in [3.63, 3.8) is 0 Å². The van der Waals surface area contributed by atoms with E-state index in [0.29, 0.717) is 43.7 Å². The smallest absolute Gasteiger partial charge is 0.355 e. The van der Waals surface area contributed by atoms with Crippen molar-refractivity contribution in [2.45, 2.75) is 12.6 Å². The number of alkyl halides is 3. The van der Waals surface area contributed by atoms with Gasteiger partial charge >= 0.3 is 12.1 Å². The second-order valence-corrected chi connectivity index (χ2v) is 7.15. The highest BCUT2D eigenvalue weighted by atomic mass is 19.4. The number of carbonyl (C=O) groups excluding carboxylic acids is 1. The molecule has 0 unspecified atom stereocenters. The number of rotatable bonds is 3. The zero-order valence-corrected chi connectivity index (χ0v) is 16.7. The Bertz CT molecular complexity index is 1150. The molecule has 8 nitrogen and oxygen atoms in total. The highest BCUT2D eigenvalue weighted by Crippen LogP contribution is 2.29. The van der Waals surface area contributed by atoms with Crippen LogP contribution in [0, 0.1) is 11.3 Å². The zero-order valence-electron chi connectivity index (χ0n) is 16.7. The number of pyridine rings is 1. The minimum Gasteiger partial charge on any atom is -0.355 e. The fraction of sp³-hybridized carbons (Fsp3) is 0.286. The lowest BCUT2D eigenvalue weighted by molar-refractivity contribution is -0.159. The Kier molecular flexibility index (Phi) is 5.77. The number of amides is 1. The third-order valence-corrected chi connectivity index (χ3v) is 5.02. The molecule has 1 aromatic carbocycles. The molecule has 11 heteroatoms. The van der Waals surface area contributed by atoms with Gasteiger partial charge in [-0.15, -0.1) is 0 Å². The minimum atomic E-state index is -4.74. The van der Waals surface area contributed by atoms with Gasteiger partial charge in [0.1, 0.15) is 11.9 Å². The number of anilines is 1. The lowest BCUT2D eigenvalue weighted by Crippen LogP contribution is -2.35. The monoisotopic (exact) mass is 442 g/mol. The van der Waals surface area contributed by atoms with E-state index in [4.69, 9.17) is 5.26 Å². The summed E-state index contributed by atoms with van der Waals surface area (Å²) in [5.41, 5.74) is 1.06. The van der Waals surface area contributed by atoms with Gasteiger partial charge in [0.05, 0.1) is 5.56 Å². The summed E-state index contributed by atoms with van der Waals surface area (Å²) in [5.74, 6) is -1.17. The number of carbonyl (C=O) groups is 1. The lowest BCUT2D eigenvalue weighted by Gasteiger charge is -2.23. The van der Waals surface area contributed by atoms with Crippen molar-refractivity contribution in [2.75, 3.05) is 31.1 Å². The van der Waals surface area contributed by atoms with Crippen LogP contribution in [0.15, 0.2) is 47.1 Å². The predicted octanol–water partition coefficient (Wildman–Crippen LogP) is 3.37. The van der Waals surface area contributed by atoms with Crippen molar-refractivity contribution in [1.29, 1.82) is 5.26 Å². The van der Waals surface area contributed by atoms with E-state index in [9.17, 15) is 18.0 Å². The Morgan fingerprint density at radius 3 is 2.66 bits per heavy atom. The van der Waals surface area contributed by atoms with Crippen LogP contribution in [0.3, 0.4) is 0 Å². The predicted molar refractivity (Wildman–Crippen MR) is 106 cm³/mol. The summed E-state index contributed by atoms with van der Waals surface area (Å²) >= 11 is 0. The molecule has 1 aliphatic heterocycles. The summed E-state index contributed by atoms with van der Waals surface area (Å²) in [6.45, 7) is 2.23. The number of nitriles is 1. The quantitative estimate of drug-likeness (QED) is 0.613. The molecule has 164 valence electrons. The van der Waals surface area contributed by atoms with Crippen molar-refractivity contribution in [2.24, 2.45) is 0 Å². The molecule has 1 amide bonds. The molecule has 1 aliphatic rings. The van der Waals surface area contributed by atoms with E-state index in [2.05, 4.69) is 19.6 Å². The summed E-state index contributed by atoms with van der Waals surface area (Å²) in [5, 5.41) is 12.3. The molecule has 0 bridgehead atoms. The summed E-state index contributed by atoms with van der Waals surface area (Å²) in [6.07, 6.45) is -2.51. The number of hydrogen-bond donors (Lipinski definition) is 0. The summed E-state index contributed by atoms with van der Waals surface area (Å²) in [4.78, 5) is 24.5. The fourth-order valence-corrected chi connectivity index (χ4v) is 3.42. The number of benzene rings is 1. The molecule has 3 aromatic rings. The molecule has 1 fully saturated rings. The Hall–Kier alpha value is -3.94. The van der Waals surface area contributed by atoms with E-state index in [-0.39, 0.29) is 17.3 Å². The number of nitrogens with zero attached hydrogens (tertiary/aromatic N) is 6. The van der Waals surface area contributed by atoms with Gasteiger partial charge in [0.2, 0.25) is 5.82 Å². The van der Waals surface area contributed by atoms with Crippen LogP contribution in [-0.2, 0) is 6.18 Å². The maximum absolute atomic E-state index is 13.0. The standard InChI is InChI=1S/C21H17F3N6O2/c22-21(23,24)20-27-18(28-32-20)15-3-1-4-16(11-15)19(31)30-8-2-7-29(9-10-30)17-6-5-14(12-25)13-26-17/h1,3-6,11,13H,2,7-10H2. The highest BCUT2D eigenvalue weighted by molar-refractivity contribution is 5.95.